The highest BCUT2D eigenvalue weighted by Crippen LogP contribution is 2.13. The van der Waals surface area contributed by atoms with Crippen molar-refractivity contribution in [3.8, 4) is 5.82 Å². The molecule has 0 saturated heterocycles. The molecule has 2 aromatic heterocycles. The van der Waals surface area contributed by atoms with Crippen LogP contribution in [-0.2, 0) is 11.8 Å². The molecule has 0 radical (unpaired) electrons. The number of carbonyl (C=O) groups is 2. The number of unbranched alkanes of at least 4 members (excludes halogenated alkanes) is 2. The van der Waals surface area contributed by atoms with Crippen molar-refractivity contribution in [3.05, 3.63) is 36.3 Å². The van der Waals surface area contributed by atoms with Gasteiger partial charge in [0, 0.05) is 32.4 Å². The maximum absolute atomic E-state index is 12.2. The van der Waals surface area contributed by atoms with E-state index in [0.29, 0.717) is 24.3 Å². The van der Waals surface area contributed by atoms with Gasteiger partial charge in [-0.15, -0.1) is 0 Å². The van der Waals surface area contributed by atoms with E-state index in [1.165, 1.54) is 0 Å². The van der Waals surface area contributed by atoms with Crippen LogP contribution < -0.4 is 5.32 Å². The van der Waals surface area contributed by atoms with Gasteiger partial charge in [-0.1, -0.05) is 6.42 Å². The van der Waals surface area contributed by atoms with E-state index in [0.717, 1.165) is 12.8 Å². The summed E-state index contributed by atoms with van der Waals surface area (Å²) in [4.78, 5) is 22.6. The molecule has 2 aromatic rings. The molecule has 0 aliphatic heterocycles. The molecule has 0 fully saturated rings. The van der Waals surface area contributed by atoms with Crippen LogP contribution in [0.2, 0.25) is 0 Å². The number of carboxylic acids is 1. The van der Waals surface area contributed by atoms with Crippen molar-refractivity contribution in [2.24, 2.45) is 7.05 Å². The largest absolute Gasteiger partial charge is 0.481 e. The van der Waals surface area contributed by atoms with Gasteiger partial charge in [-0.25, -0.2) is 0 Å². The fourth-order valence-electron chi connectivity index (χ4n) is 2.25. The third-order valence-corrected chi connectivity index (χ3v) is 3.35. The lowest BCUT2D eigenvalue weighted by Gasteiger charge is -2.08. The van der Waals surface area contributed by atoms with Crippen molar-refractivity contribution in [3.63, 3.8) is 0 Å². The molecule has 0 aliphatic carbocycles. The molecule has 0 atom stereocenters. The van der Waals surface area contributed by atoms with E-state index in [2.05, 4.69) is 10.4 Å². The number of aromatic nitrogens is 3. The summed E-state index contributed by atoms with van der Waals surface area (Å²) < 4.78 is 3.50. The Morgan fingerprint density at radius 1 is 1.23 bits per heavy atom. The summed E-state index contributed by atoms with van der Waals surface area (Å²) in [7, 11) is 1.79. The molecule has 0 aromatic carbocycles. The Morgan fingerprint density at radius 2 is 1.95 bits per heavy atom. The number of nitrogens with zero attached hydrogens (tertiary/aromatic N) is 3. The second-order valence-electron chi connectivity index (χ2n) is 5.06. The number of hydrogen-bond acceptors (Lipinski definition) is 3. The van der Waals surface area contributed by atoms with Crippen molar-refractivity contribution in [2.75, 3.05) is 6.54 Å². The number of aliphatic carboxylic acids is 1. The summed E-state index contributed by atoms with van der Waals surface area (Å²) in [5, 5.41) is 15.5. The van der Waals surface area contributed by atoms with Gasteiger partial charge in [0.25, 0.3) is 5.91 Å². The van der Waals surface area contributed by atoms with Crippen LogP contribution in [0.4, 0.5) is 0 Å². The Hall–Kier alpha value is -2.57. The van der Waals surface area contributed by atoms with Crippen molar-refractivity contribution in [1.29, 1.82) is 0 Å². The first kappa shape index (κ1) is 15.8. The van der Waals surface area contributed by atoms with Crippen LogP contribution in [0.1, 0.15) is 36.0 Å². The SMILES string of the molecule is Cn1ncc(C(=O)NCCCCCC(=O)O)c1-n1cccc1. The van der Waals surface area contributed by atoms with Gasteiger partial charge < -0.3 is 15.0 Å². The Balaban J connectivity index is 1.87. The lowest BCUT2D eigenvalue weighted by molar-refractivity contribution is -0.137. The summed E-state index contributed by atoms with van der Waals surface area (Å²) >= 11 is 0. The molecule has 0 unspecified atom stereocenters. The van der Waals surface area contributed by atoms with Crippen LogP contribution in [0.25, 0.3) is 5.82 Å². The molecule has 0 saturated carbocycles. The third kappa shape index (κ3) is 3.97. The van der Waals surface area contributed by atoms with Gasteiger partial charge >= 0.3 is 5.97 Å². The Labute approximate surface area is 128 Å². The zero-order valence-corrected chi connectivity index (χ0v) is 12.5. The molecule has 118 valence electrons. The fraction of sp³-hybridized carbons (Fsp3) is 0.400. The smallest absolute Gasteiger partial charge is 0.303 e. The summed E-state index contributed by atoms with van der Waals surface area (Å²) in [6, 6.07) is 3.77. The minimum Gasteiger partial charge on any atom is -0.481 e. The molecule has 0 spiro atoms. The van der Waals surface area contributed by atoms with Crippen molar-refractivity contribution >= 4 is 11.9 Å². The van der Waals surface area contributed by atoms with Crippen molar-refractivity contribution in [2.45, 2.75) is 25.7 Å². The van der Waals surface area contributed by atoms with E-state index in [4.69, 9.17) is 5.11 Å². The van der Waals surface area contributed by atoms with E-state index >= 15 is 0 Å². The summed E-state index contributed by atoms with van der Waals surface area (Å²) in [5.41, 5.74) is 0.518. The number of rotatable bonds is 8. The van der Waals surface area contributed by atoms with E-state index in [-0.39, 0.29) is 12.3 Å². The lowest BCUT2D eigenvalue weighted by Crippen LogP contribution is -2.25. The number of carboxylic acid groups (broad SMARTS) is 1. The molecular weight excluding hydrogens is 284 g/mol. The van der Waals surface area contributed by atoms with Crippen molar-refractivity contribution < 1.29 is 14.7 Å². The highest BCUT2D eigenvalue weighted by Gasteiger charge is 2.16. The Morgan fingerprint density at radius 3 is 2.64 bits per heavy atom. The predicted octanol–water partition coefficient (Wildman–Crippen LogP) is 1.59. The molecule has 0 bridgehead atoms. The van der Waals surface area contributed by atoms with Gasteiger partial charge in [0.05, 0.1) is 6.20 Å². The number of aryl methyl sites for hydroxylation is 1. The zero-order chi connectivity index (χ0) is 15.9. The van der Waals surface area contributed by atoms with Crippen LogP contribution in [-0.4, -0.2) is 37.9 Å². The fourth-order valence-corrected chi connectivity index (χ4v) is 2.25. The minimum atomic E-state index is -0.782. The van der Waals surface area contributed by atoms with Crippen LogP contribution >= 0.6 is 0 Å². The maximum atomic E-state index is 12.2. The molecule has 22 heavy (non-hydrogen) atoms. The molecule has 1 amide bonds. The monoisotopic (exact) mass is 304 g/mol. The topological polar surface area (TPSA) is 89.2 Å². The van der Waals surface area contributed by atoms with Gasteiger partial charge in [-0.3, -0.25) is 14.3 Å². The maximum Gasteiger partial charge on any atom is 0.303 e. The minimum absolute atomic E-state index is 0.171. The standard InChI is InChI=1S/C15H20N4O3/c1-18-15(19-9-5-6-10-19)12(11-17-18)14(22)16-8-4-2-3-7-13(20)21/h5-6,9-11H,2-4,7-8H2,1H3,(H,16,22)(H,20,21). The second-order valence-corrected chi connectivity index (χ2v) is 5.06. The number of amides is 1. The van der Waals surface area contributed by atoms with Gasteiger partial charge in [0.1, 0.15) is 11.4 Å². The zero-order valence-electron chi connectivity index (χ0n) is 12.5. The first-order chi connectivity index (χ1) is 10.6. The van der Waals surface area contributed by atoms with Crippen molar-refractivity contribution in [1.82, 2.24) is 19.7 Å². The molecule has 7 nitrogen and oxygen atoms in total. The van der Waals surface area contributed by atoms with E-state index in [1.807, 2.05) is 29.1 Å². The average Bonchev–Trinajstić information content (AvgIpc) is 3.10. The first-order valence-electron chi connectivity index (χ1n) is 7.25. The first-order valence-corrected chi connectivity index (χ1v) is 7.25. The van der Waals surface area contributed by atoms with E-state index < -0.39 is 5.97 Å². The van der Waals surface area contributed by atoms with Gasteiger partial charge in [0.2, 0.25) is 0 Å². The number of hydrogen-bond donors (Lipinski definition) is 2. The third-order valence-electron chi connectivity index (χ3n) is 3.35. The number of carbonyl (C=O) groups excluding carboxylic acids is 1. The summed E-state index contributed by atoms with van der Waals surface area (Å²) in [6.45, 7) is 0.526. The predicted molar refractivity (Wildman–Crippen MR) is 81.0 cm³/mol. The second kappa shape index (κ2) is 7.44. The quantitative estimate of drug-likeness (QED) is 0.725. The summed E-state index contributed by atoms with van der Waals surface area (Å²) in [5.74, 6) is -0.237. The Bertz CT molecular complexity index is 631. The molecular formula is C15H20N4O3. The molecule has 7 heteroatoms. The van der Waals surface area contributed by atoms with Crippen LogP contribution in [0.5, 0.6) is 0 Å². The lowest BCUT2D eigenvalue weighted by atomic mass is 10.2. The number of nitrogens with one attached hydrogen (secondary N) is 1. The van der Waals surface area contributed by atoms with Crippen LogP contribution in [0.3, 0.4) is 0 Å². The Kier molecular flexibility index (Phi) is 5.35. The molecule has 2 rings (SSSR count). The van der Waals surface area contributed by atoms with Gasteiger partial charge in [0.15, 0.2) is 0 Å². The molecule has 2 N–H and O–H groups in total. The van der Waals surface area contributed by atoms with Gasteiger partial charge in [-0.05, 0) is 25.0 Å². The normalized spacial score (nSPS) is 10.6. The molecule has 0 aliphatic rings. The van der Waals surface area contributed by atoms with E-state index in [1.54, 1.807) is 17.9 Å². The summed E-state index contributed by atoms with van der Waals surface area (Å²) in [6.07, 6.45) is 7.62. The van der Waals surface area contributed by atoms with E-state index in [9.17, 15) is 9.59 Å². The highest BCUT2D eigenvalue weighted by atomic mass is 16.4. The van der Waals surface area contributed by atoms with Crippen LogP contribution in [0, 0.1) is 0 Å². The molecule has 2 heterocycles. The average molecular weight is 304 g/mol. The van der Waals surface area contributed by atoms with Gasteiger partial charge in [-0.2, -0.15) is 5.10 Å². The highest BCUT2D eigenvalue weighted by molar-refractivity contribution is 5.97. The van der Waals surface area contributed by atoms with Crippen LogP contribution in [0.15, 0.2) is 30.7 Å².